The van der Waals surface area contributed by atoms with Gasteiger partial charge in [-0.2, -0.15) is 0 Å². The number of amides is 1. The monoisotopic (exact) mass is 293 g/mol. The molecular weight excluding hydrogens is 281 g/mol. The predicted octanol–water partition coefficient (Wildman–Crippen LogP) is 3.20. The van der Waals surface area contributed by atoms with Gasteiger partial charge in [-0.1, -0.05) is 24.3 Å². The summed E-state index contributed by atoms with van der Waals surface area (Å²) in [4.78, 5) is 11.9. The normalized spacial score (nSPS) is 10.3. The summed E-state index contributed by atoms with van der Waals surface area (Å²) in [5.74, 6) is -0.909. The first-order chi connectivity index (χ1) is 9.60. The van der Waals surface area contributed by atoms with Crippen LogP contribution < -0.4 is 5.32 Å². The van der Waals surface area contributed by atoms with E-state index in [2.05, 4.69) is 5.32 Å². The van der Waals surface area contributed by atoms with Crippen LogP contribution in [0, 0.1) is 5.82 Å². The molecule has 2 rings (SSSR count). The third kappa shape index (κ3) is 3.48. The fourth-order valence-corrected chi connectivity index (χ4v) is 1.89. The van der Waals surface area contributed by atoms with Crippen molar-refractivity contribution in [3.63, 3.8) is 0 Å². The molecule has 0 heterocycles. The molecule has 2 aromatic rings. The highest BCUT2D eigenvalue weighted by Gasteiger charge is 2.11. The number of hydrogen-bond donors (Lipinski definition) is 2. The van der Waals surface area contributed by atoms with Crippen LogP contribution in [-0.4, -0.2) is 11.0 Å². The van der Waals surface area contributed by atoms with Crippen molar-refractivity contribution >= 4 is 17.5 Å². The van der Waals surface area contributed by atoms with Crippen molar-refractivity contribution < 1.29 is 14.3 Å². The van der Waals surface area contributed by atoms with E-state index in [1.54, 1.807) is 0 Å². The van der Waals surface area contributed by atoms with Crippen LogP contribution in [0.4, 0.5) is 4.39 Å². The molecule has 20 heavy (non-hydrogen) atoms. The molecular formula is C15H13ClFNO2. The van der Waals surface area contributed by atoms with Gasteiger partial charge in [-0.25, -0.2) is 4.39 Å². The van der Waals surface area contributed by atoms with Crippen molar-refractivity contribution in [2.24, 2.45) is 0 Å². The summed E-state index contributed by atoms with van der Waals surface area (Å²) >= 11 is 5.69. The van der Waals surface area contributed by atoms with Gasteiger partial charge in [0.15, 0.2) is 0 Å². The summed E-state index contributed by atoms with van der Waals surface area (Å²) in [5.41, 5.74) is 1.80. The Morgan fingerprint density at radius 2 is 1.80 bits per heavy atom. The number of nitrogens with one attached hydrogen (secondary N) is 1. The van der Waals surface area contributed by atoms with Gasteiger partial charge in [-0.05, 0) is 29.3 Å². The van der Waals surface area contributed by atoms with Crippen molar-refractivity contribution in [2.45, 2.75) is 12.4 Å². The second-order valence-corrected chi connectivity index (χ2v) is 4.56. The number of halogens is 2. The fourth-order valence-electron chi connectivity index (χ4n) is 1.71. The largest absolute Gasteiger partial charge is 0.507 e. The Morgan fingerprint density at radius 3 is 2.45 bits per heavy atom. The zero-order valence-corrected chi connectivity index (χ0v) is 11.3. The molecule has 0 saturated carbocycles. The Labute approximate surface area is 121 Å². The minimum absolute atomic E-state index is 0.0811. The summed E-state index contributed by atoms with van der Waals surface area (Å²) in [7, 11) is 0. The Balaban J connectivity index is 2.02. The molecule has 0 saturated heterocycles. The Hall–Kier alpha value is -2.07. The lowest BCUT2D eigenvalue weighted by molar-refractivity contribution is 0.0947. The molecule has 0 spiro atoms. The van der Waals surface area contributed by atoms with E-state index in [0.29, 0.717) is 5.88 Å². The number of hydrogen-bond acceptors (Lipinski definition) is 2. The first kappa shape index (κ1) is 14.3. The van der Waals surface area contributed by atoms with Crippen molar-refractivity contribution in [1.29, 1.82) is 0 Å². The summed E-state index contributed by atoms with van der Waals surface area (Å²) in [6.45, 7) is 0.289. The third-order valence-corrected chi connectivity index (χ3v) is 3.14. The molecule has 2 aromatic carbocycles. The van der Waals surface area contributed by atoms with Crippen LogP contribution in [0.3, 0.4) is 0 Å². The smallest absolute Gasteiger partial charge is 0.255 e. The number of alkyl halides is 1. The second kappa shape index (κ2) is 6.39. The zero-order valence-electron chi connectivity index (χ0n) is 10.6. The average molecular weight is 294 g/mol. The van der Waals surface area contributed by atoms with E-state index in [-0.39, 0.29) is 17.9 Å². The molecule has 5 heteroatoms. The van der Waals surface area contributed by atoms with Crippen molar-refractivity contribution in [1.82, 2.24) is 5.32 Å². The van der Waals surface area contributed by atoms with Gasteiger partial charge in [0.05, 0.1) is 5.56 Å². The third-order valence-electron chi connectivity index (χ3n) is 2.83. The van der Waals surface area contributed by atoms with Crippen LogP contribution >= 0.6 is 11.6 Å². The molecule has 0 fully saturated rings. The van der Waals surface area contributed by atoms with E-state index in [4.69, 9.17) is 11.6 Å². The van der Waals surface area contributed by atoms with E-state index in [0.717, 1.165) is 29.3 Å². The lowest BCUT2D eigenvalue weighted by Crippen LogP contribution is -2.23. The number of carbonyl (C=O) groups is 1. The number of rotatable bonds is 4. The maximum absolute atomic E-state index is 13.1. The molecule has 0 aliphatic rings. The van der Waals surface area contributed by atoms with Crippen LogP contribution in [0.2, 0.25) is 0 Å². The van der Waals surface area contributed by atoms with Gasteiger partial charge in [0.1, 0.15) is 11.6 Å². The molecule has 104 valence electrons. The molecule has 0 aliphatic carbocycles. The molecule has 0 radical (unpaired) electrons. The fraction of sp³-hybridized carbons (Fsp3) is 0.133. The molecule has 0 aliphatic heterocycles. The Kier molecular flexibility index (Phi) is 4.58. The number of phenolic OH excluding ortho intramolecular Hbond substituents is 1. The Bertz CT molecular complexity index is 614. The molecule has 1 amide bonds. The lowest BCUT2D eigenvalue weighted by Gasteiger charge is -2.07. The van der Waals surface area contributed by atoms with Gasteiger partial charge in [-0.3, -0.25) is 4.79 Å². The number of phenols is 1. The van der Waals surface area contributed by atoms with E-state index in [9.17, 15) is 14.3 Å². The van der Waals surface area contributed by atoms with Crippen LogP contribution in [0.15, 0.2) is 42.5 Å². The highest BCUT2D eigenvalue weighted by atomic mass is 35.5. The molecule has 0 unspecified atom stereocenters. The summed E-state index contributed by atoms with van der Waals surface area (Å²) in [6, 6.07) is 10.7. The first-order valence-electron chi connectivity index (χ1n) is 6.00. The number of aromatic hydroxyl groups is 1. The van der Waals surface area contributed by atoms with Crippen LogP contribution in [-0.2, 0) is 12.4 Å². The Morgan fingerprint density at radius 1 is 1.15 bits per heavy atom. The zero-order chi connectivity index (χ0) is 14.5. The highest BCUT2D eigenvalue weighted by Crippen LogP contribution is 2.17. The molecule has 0 atom stereocenters. The summed E-state index contributed by atoms with van der Waals surface area (Å²) in [6.07, 6.45) is 0. The van der Waals surface area contributed by atoms with Crippen molar-refractivity contribution in [2.75, 3.05) is 0 Å². The SMILES string of the molecule is O=C(NCc1ccc(CCl)cc1)c1cc(F)ccc1O. The van der Waals surface area contributed by atoms with Gasteiger partial charge < -0.3 is 10.4 Å². The maximum atomic E-state index is 13.1. The van der Waals surface area contributed by atoms with E-state index in [1.807, 2.05) is 24.3 Å². The van der Waals surface area contributed by atoms with E-state index < -0.39 is 11.7 Å². The quantitative estimate of drug-likeness (QED) is 0.851. The standard InChI is InChI=1S/C15H13ClFNO2/c16-8-10-1-3-11(4-2-10)9-18-15(20)13-7-12(17)5-6-14(13)19/h1-7,19H,8-9H2,(H,18,20). The van der Waals surface area contributed by atoms with Gasteiger partial charge >= 0.3 is 0 Å². The van der Waals surface area contributed by atoms with Crippen molar-refractivity contribution in [3.05, 3.63) is 65.0 Å². The first-order valence-corrected chi connectivity index (χ1v) is 6.54. The van der Waals surface area contributed by atoms with E-state index in [1.165, 1.54) is 0 Å². The highest BCUT2D eigenvalue weighted by molar-refractivity contribution is 6.17. The number of benzene rings is 2. The maximum Gasteiger partial charge on any atom is 0.255 e. The van der Waals surface area contributed by atoms with Gasteiger partial charge in [0.2, 0.25) is 0 Å². The van der Waals surface area contributed by atoms with Gasteiger partial charge in [0, 0.05) is 12.4 Å². The summed E-state index contributed by atoms with van der Waals surface area (Å²) in [5, 5.41) is 12.2. The summed E-state index contributed by atoms with van der Waals surface area (Å²) < 4.78 is 13.1. The molecule has 2 N–H and O–H groups in total. The van der Waals surface area contributed by atoms with Gasteiger partial charge in [-0.15, -0.1) is 11.6 Å². The van der Waals surface area contributed by atoms with Gasteiger partial charge in [0.25, 0.3) is 5.91 Å². The number of carbonyl (C=O) groups excluding carboxylic acids is 1. The van der Waals surface area contributed by atoms with Crippen LogP contribution in [0.5, 0.6) is 5.75 Å². The van der Waals surface area contributed by atoms with Crippen LogP contribution in [0.1, 0.15) is 21.5 Å². The average Bonchev–Trinajstić information content (AvgIpc) is 2.47. The van der Waals surface area contributed by atoms with E-state index >= 15 is 0 Å². The minimum atomic E-state index is -0.570. The lowest BCUT2D eigenvalue weighted by atomic mass is 10.1. The molecule has 3 nitrogen and oxygen atoms in total. The predicted molar refractivity (Wildman–Crippen MR) is 75.2 cm³/mol. The topological polar surface area (TPSA) is 49.3 Å². The van der Waals surface area contributed by atoms with Crippen molar-refractivity contribution in [3.8, 4) is 5.75 Å². The minimum Gasteiger partial charge on any atom is -0.507 e. The molecule has 0 aromatic heterocycles. The molecule has 0 bridgehead atoms. The van der Waals surface area contributed by atoms with Crippen LogP contribution in [0.25, 0.3) is 0 Å². The second-order valence-electron chi connectivity index (χ2n) is 4.29.